The van der Waals surface area contributed by atoms with Gasteiger partial charge in [-0.2, -0.15) is 0 Å². The summed E-state index contributed by atoms with van der Waals surface area (Å²) in [7, 11) is 0. The molecule has 0 spiro atoms. The Morgan fingerprint density at radius 3 is 2.88 bits per heavy atom. The Morgan fingerprint density at radius 1 is 1.44 bits per heavy atom. The molecule has 0 aromatic carbocycles. The molecule has 2 fully saturated rings. The number of cyclic esters (lactones) is 1. The quantitative estimate of drug-likeness (QED) is 0.395. The van der Waals surface area contributed by atoms with Gasteiger partial charge >= 0.3 is 11.9 Å². The van der Waals surface area contributed by atoms with Crippen LogP contribution in [0.15, 0.2) is 23.3 Å². The maximum Gasteiger partial charge on any atom is 0.338 e. The van der Waals surface area contributed by atoms with Crippen LogP contribution in [0.3, 0.4) is 0 Å². The summed E-state index contributed by atoms with van der Waals surface area (Å²) in [4.78, 5) is 27.2. The summed E-state index contributed by atoms with van der Waals surface area (Å²) in [6.07, 6.45) is 4.09. The minimum atomic E-state index is -1.89. The molecule has 3 aliphatic rings. The van der Waals surface area contributed by atoms with Crippen LogP contribution in [0.5, 0.6) is 0 Å². The standard InChI is InChI=1S/C18H25NO6/c1-3-11-8-13(9-20)18(2,23)17(22)24-10-12-4-6-19-7-5-14(15(12)19)25-16(11)21/h3-4,13-15,20,23H,5-10H2,1-2H3/b11-3-/t13-,14+,15+,18+/m0/s1. The van der Waals surface area contributed by atoms with Gasteiger partial charge in [0.05, 0.1) is 6.04 Å². The lowest BCUT2D eigenvalue weighted by Gasteiger charge is -2.32. The second kappa shape index (κ2) is 6.90. The highest BCUT2D eigenvalue weighted by molar-refractivity contribution is 5.89. The third-order valence-electron chi connectivity index (χ3n) is 5.55. The third-order valence-corrected chi connectivity index (χ3v) is 5.55. The molecule has 4 atom stereocenters. The molecule has 0 aromatic heterocycles. The highest BCUT2D eigenvalue weighted by Gasteiger charge is 2.46. The molecule has 0 saturated carbocycles. The maximum atomic E-state index is 12.6. The predicted molar refractivity (Wildman–Crippen MR) is 88.5 cm³/mol. The van der Waals surface area contributed by atoms with E-state index in [9.17, 15) is 19.8 Å². The Kier molecular flexibility index (Phi) is 4.99. The largest absolute Gasteiger partial charge is 0.459 e. The Hall–Kier alpha value is -1.70. The van der Waals surface area contributed by atoms with E-state index in [1.807, 2.05) is 6.08 Å². The molecular weight excluding hydrogens is 326 g/mol. The molecule has 2 saturated heterocycles. The number of allylic oxidation sites excluding steroid dienone is 1. The van der Waals surface area contributed by atoms with Crippen LogP contribution in [0.2, 0.25) is 0 Å². The van der Waals surface area contributed by atoms with E-state index in [-0.39, 0.29) is 25.2 Å². The summed E-state index contributed by atoms with van der Waals surface area (Å²) in [5, 5.41) is 20.2. The number of rotatable bonds is 1. The van der Waals surface area contributed by atoms with Crippen molar-refractivity contribution in [1.82, 2.24) is 4.90 Å². The van der Waals surface area contributed by atoms with E-state index in [1.54, 1.807) is 13.0 Å². The molecule has 25 heavy (non-hydrogen) atoms. The van der Waals surface area contributed by atoms with Gasteiger partial charge in [-0.25, -0.2) is 9.59 Å². The van der Waals surface area contributed by atoms with E-state index in [0.717, 1.165) is 25.1 Å². The Morgan fingerprint density at radius 2 is 2.20 bits per heavy atom. The lowest BCUT2D eigenvalue weighted by atomic mass is 9.84. The van der Waals surface area contributed by atoms with Gasteiger partial charge in [-0.15, -0.1) is 0 Å². The molecule has 0 amide bonds. The first-order valence-corrected chi connectivity index (χ1v) is 8.68. The number of carbonyl (C=O) groups is 2. The number of nitrogens with zero attached hydrogens (tertiary/aromatic N) is 1. The number of ether oxygens (including phenoxy) is 2. The minimum absolute atomic E-state index is 0.0394. The smallest absolute Gasteiger partial charge is 0.338 e. The predicted octanol–water partition coefficient (Wildman–Crippen LogP) is 0.165. The zero-order valence-corrected chi connectivity index (χ0v) is 14.6. The summed E-state index contributed by atoms with van der Waals surface area (Å²) in [5.74, 6) is -2.10. The van der Waals surface area contributed by atoms with Crippen molar-refractivity contribution in [2.45, 2.75) is 44.4 Å². The zero-order valence-electron chi connectivity index (χ0n) is 14.6. The van der Waals surface area contributed by atoms with Crippen molar-refractivity contribution in [3.05, 3.63) is 23.3 Å². The first-order valence-electron chi connectivity index (χ1n) is 8.68. The second-order valence-electron chi connectivity index (χ2n) is 7.07. The fraction of sp³-hybridized carbons (Fsp3) is 0.667. The van der Waals surface area contributed by atoms with Crippen LogP contribution in [-0.4, -0.2) is 71.1 Å². The molecule has 7 nitrogen and oxygen atoms in total. The van der Waals surface area contributed by atoms with Gasteiger partial charge in [-0.1, -0.05) is 12.2 Å². The fourth-order valence-electron chi connectivity index (χ4n) is 3.83. The van der Waals surface area contributed by atoms with Crippen LogP contribution >= 0.6 is 0 Å². The number of hydrogen-bond donors (Lipinski definition) is 2. The van der Waals surface area contributed by atoms with Crippen LogP contribution in [-0.2, 0) is 19.1 Å². The molecule has 3 aliphatic heterocycles. The minimum Gasteiger partial charge on any atom is -0.459 e. The first-order chi connectivity index (χ1) is 11.9. The van der Waals surface area contributed by atoms with E-state index in [4.69, 9.17) is 9.47 Å². The molecule has 0 unspecified atom stereocenters. The third kappa shape index (κ3) is 3.23. The zero-order chi connectivity index (χ0) is 18.2. The molecule has 0 aliphatic carbocycles. The molecule has 0 radical (unpaired) electrons. The fourth-order valence-corrected chi connectivity index (χ4v) is 3.83. The molecule has 0 bridgehead atoms. The average Bonchev–Trinajstić information content (AvgIpc) is 3.15. The van der Waals surface area contributed by atoms with Crippen LogP contribution < -0.4 is 0 Å². The number of aliphatic hydroxyl groups is 2. The number of esters is 2. The van der Waals surface area contributed by atoms with E-state index in [2.05, 4.69) is 4.90 Å². The number of aliphatic hydroxyl groups excluding tert-OH is 1. The summed E-state index contributed by atoms with van der Waals surface area (Å²) < 4.78 is 11.1. The number of carbonyl (C=O) groups excluding carboxylic acids is 2. The Balaban J connectivity index is 1.92. The van der Waals surface area contributed by atoms with E-state index in [0.29, 0.717) is 5.57 Å². The van der Waals surface area contributed by atoms with Gasteiger partial charge in [0.15, 0.2) is 5.60 Å². The van der Waals surface area contributed by atoms with Crippen molar-refractivity contribution in [2.24, 2.45) is 5.92 Å². The summed E-state index contributed by atoms with van der Waals surface area (Å²) >= 11 is 0. The average molecular weight is 351 g/mol. The van der Waals surface area contributed by atoms with Gasteiger partial charge in [-0.05, 0) is 32.3 Å². The van der Waals surface area contributed by atoms with Crippen LogP contribution in [0.4, 0.5) is 0 Å². The van der Waals surface area contributed by atoms with Gasteiger partial charge in [-0.3, -0.25) is 4.90 Å². The van der Waals surface area contributed by atoms with Gasteiger partial charge in [0.2, 0.25) is 0 Å². The van der Waals surface area contributed by atoms with Gasteiger partial charge < -0.3 is 19.7 Å². The molecule has 7 heteroatoms. The van der Waals surface area contributed by atoms with Crippen LogP contribution in [0.1, 0.15) is 26.7 Å². The summed E-state index contributed by atoms with van der Waals surface area (Å²) in [5.41, 5.74) is -0.659. The topological polar surface area (TPSA) is 96.3 Å². The van der Waals surface area contributed by atoms with Crippen molar-refractivity contribution < 1.29 is 29.3 Å². The molecule has 3 rings (SSSR count). The summed E-state index contributed by atoms with van der Waals surface area (Å²) in [6, 6.07) is -0.0760. The first kappa shape index (κ1) is 18.1. The number of hydrogen-bond acceptors (Lipinski definition) is 7. The van der Waals surface area contributed by atoms with Crippen LogP contribution in [0, 0.1) is 5.92 Å². The van der Waals surface area contributed by atoms with Gasteiger partial charge in [0, 0.05) is 31.2 Å². The second-order valence-corrected chi connectivity index (χ2v) is 7.07. The summed E-state index contributed by atoms with van der Waals surface area (Å²) in [6.45, 7) is 4.17. The highest BCUT2D eigenvalue weighted by Crippen LogP contribution is 2.34. The van der Waals surface area contributed by atoms with Gasteiger partial charge in [0.1, 0.15) is 12.7 Å². The Bertz CT molecular complexity index is 623. The lowest BCUT2D eigenvalue weighted by molar-refractivity contribution is -0.171. The van der Waals surface area contributed by atoms with E-state index < -0.39 is 30.1 Å². The Labute approximate surface area is 146 Å². The van der Waals surface area contributed by atoms with Crippen LogP contribution in [0.25, 0.3) is 0 Å². The van der Waals surface area contributed by atoms with Gasteiger partial charge in [0.25, 0.3) is 0 Å². The maximum absolute atomic E-state index is 12.6. The van der Waals surface area contributed by atoms with E-state index in [1.165, 1.54) is 6.92 Å². The SMILES string of the molecule is C/C=C1/C[C@@H](CO)[C@@](C)(O)C(=O)OCC2=CCN3CC[C@@H](OC1=O)[C@@H]23. The molecule has 2 N–H and O–H groups in total. The van der Waals surface area contributed by atoms with E-state index >= 15 is 0 Å². The molecule has 3 heterocycles. The molecule has 138 valence electrons. The lowest BCUT2D eigenvalue weighted by Crippen LogP contribution is -2.47. The van der Waals surface area contributed by atoms with Crippen molar-refractivity contribution in [3.63, 3.8) is 0 Å². The molecule has 0 aromatic rings. The monoisotopic (exact) mass is 351 g/mol. The van der Waals surface area contributed by atoms with Crippen molar-refractivity contribution in [3.8, 4) is 0 Å². The highest BCUT2D eigenvalue weighted by atomic mass is 16.6. The van der Waals surface area contributed by atoms with Crippen molar-refractivity contribution in [1.29, 1.82) is 0 Å². The normalized spacial score (nSPS) is 38.5. The molecular formula is C18H25NO6. The van der Waals surface area contributed by atoms with Crippen molar-refractivity contribution in [2.75, 3.05) is 26.3 Å². The van der Waals surface area contributed by atoms with Crippen molar-refractivity contribution >= 4 is 11.9 Å².